The maximum absolute atomic E-state index is 11.4. The molecule has 6 N–H and O–H groups in total. The lowest BCUT2D eigenvalue weighted by Crippen LogP contribution is -2.42. The summed E-state index contributed by atoms with van der Waals surface area (Å²) in [4.78, 5) is 21.8. The predicted molar refractivity (Wildman–Crippen MR) is 55.6 cm³/mol. The standard InChI is InChI=1S/C9H19N3O3/c1-9(2,5-10)15-8(14)6(11)3-4-7(12)13/h6H,3-5,10-11H2,1-2H3,(H2,12,13)/t6-/m0/s1. The molecule has 0 aliphatic rings. The highest BCUT2D eigenvalue weighted by molar-refractivity contribution is 5.78. The van der Waals surface area contributed by atoms with Crippen LogP contribution in [-0.2, 0) is 14.3 Å². The largest absolute Gasteiger partial charge is 0.457 e. The van der Waals surface area contributed by atoms with Gasteiger partial charge < -0.3 is 21.9 Å². The lowest BCUT2D eigenvalue weighted by atomic mass is 10.1. The van der Waals surface area contributed by atoms with Crippen molar-refractivity contribution < 1.29 is 14.3 Å². The summed E-state index contributed by atoms with van der Waals surface area (Å²) >= 11 is 0. The Labute approximate surface area is 89.1 Å². The summed E-state index contributed by atoms with van der Waals surface area (Å²) in [5.41, 5.74) is 15.1. The van der Waals surface area contributed by atoms with Crippen molar-refractivity contribution in [3.63, 3.8) is 0 Å². The second-order valence-electron chi connectivity index (χ2n) is 4.00. The van der Waals surface area contributed by atoms with Crippen LogP contribution in [0.4, 0.5) is 0 Å². The number of ether oxygens (including phenoxy) is 1. The van der Waals surface area contributed by atoms with E-state index < -0.39 is 23.5 Å². The molecule has 0 aliphatic carbocycles. The van der Waals surface area contributed by atoms with E-state index in [0.29, 0.717) is 0 Å². The summed E-state index contributed by atoms with van der Waals surface area (Å²) in [6.07, 6.45) is 0.258. The molecule has 0 heterocycles. The molecule has 0 aromatic carbocycles. The second kappa shape index (κ2) is 5.67. The van der Waals surface area contributed by atoms with Gasteiger partial charge in [-0.3, -0.25) is 9.59 Å². The minimum Gasteiger partial charge on any atom is -0.457 e. The zero-order chi connectivity index (χ0) is 12.1. The minimum atomic E-state index is -0.830. The van der Waals surface area contributed by atoms with E-state index >= 15 is 0 Å². The number of rotatable bonds is 6. The highest BCUT2D eigenvalue weighted by Crippen LogP contribution is 2.09. The number of esters is 1. The maximum Gasteiger partial charge on any atom is 0.323 e. The molecule has 0 aromatic rings. The molecule has 0 saturated carbocycles. The molecule has 0 unspecified atom stereocenters. The molecule has 15 heavy (non-hydrogen) atoms. The Bertz CT molecular complexity index is 241. The lowest BCUT2D eigenvalue weighted by molar-refractivity contribution is -0.157. The zero-order valence-corrected chi connectivity index (χ0v) is 9.16. The number of carbonyl (C=O) groups excluding carboxylic acids is 2. The van der Waals surface area contributed by atoms with Crippen molar-refractivity contribution in [2.45, 2.75) is 38.3 Å². The van der Waals surface area contributed by atoms with Gasteiger partial charge in [0.25, 0.3) is 0 Å². The van der Waals surface area contributed by atoms with Gasteiger partial charge >= 0.3 is 5.97 Å². The first-order valence-electron chi connectivity index (χ1n) is 4.75. The molecule has 88 valence electrons. The number of primary amides is 1. The molecule has 0 bridgehead atoms. The van der Waals surface area contributed by atoms with E-state index in [2.05, 4.69) is 0 Å². The van der Waals surface area contributed by atoms with Crippen LogP contribution in [0.15, 0.2) is 0 Å². The van der Waals surface area contributed by atoms with Crippen LogP contribution in [-0.4, -0.2) is 30.1 Å². The molecule has 0 rings (SSSR count). The van der Waals surface area contributed by atoms with E-state index in [9.17, 15) is 9.59 Å². The number of hydrogen-bond donors (Lipinski definition) is 3. The van der Waals surface area contributed by atoms with Crippen LogP contribution in [0, 0.1) is 0 Å². The summed E-state index contributed by atoms with van der Waals surface area (Å²) in [6, 6.07) is -0.830. The summed E-state index contributed by atoms with van der Waals surface area (Å²) in [5.74, 6) is -1.05. The van der Waals surface area contributed by atoms with Gasteiger partial charge in [-0.05, 0) is 20.3 Å². The summed E-state index contributed by atoms with van der Waals surface area (Å²) < 4.78 is 5.04. The van der Waals surface area contributed by atoms with Crippen LogP contribution in [0.1, 0.15) is 26.7 Å². The van der Waals surface area contributed by atoms with Gasteiger partial charge in [0.1, 0.15) is 11.6 Å². The van der Waals surface area contributed by atoms with Crippen LogP contribution in [0.5, 0.6) is 0 Å². The van der Waals surface area contributed by atoms with E-state index in [4.69, 9.17) is 21.9 Å². The summed E-state index contributed by atoms with van der Waals surface area (Å²) in [7, 11) is 0. The van der Waals surface area contributed by atoms with Crippen molar-refractivity contribution in [1.29, 1.82) is 0 Å². The Morgan fingerprint density at radius 3 is 2.33 bits per heavy atom. The van der Waals surface area contributed by atoms with Gasteiger partial charge in [0, 0.05) is 13.0 Å². The molecule has 1 atom stereocenters. The summed E-state index contributed by atoms with van der Waals surface area (Å²) in [5, 5.41) is 0. The monoisotopic (exact) mass is 217 g/mol. The smallest absolute Gasteiger partial charge is 0.323 e. The van der Waals surface area contributed by atoms with Crippen LogP contribution in [0.25, 0.3) is 0 Å². The van der Waals surface area contributed by atoms with E-state index in [0.717, 1.165) is 0 Å². The SMILES string of the molecule is CC(C)(CN)OC(=O)[C@@H](N)CCC(N)=O. The van der Waals surface area contributed by atoms with Gasteiger partial charge in [-0.15, -0.1) is 0 Å². The molecule has 0 saturated heterocycles. The first-order valence-corrected chi connectivity index (χ1v) is 4.75. The first-order chi connectivity index (χ1) is 6.78. The fourth-order valence-corrected chi connectivity index (χ4v) is 0.805. The van der Waals surface area contributed by atoms with Crippen molar-refractivity contribution in [1.82, 2.24) is 0 Å². The van der Waals surface area contributed by atoms with Crippen molar-refractivity contribution in [3.05, 3.63) is 0 Å². The topological polar surface area (TPSA) is 121 Å². The van der Waals surface area contributed by atoms with Gasteiger partial charge in [-0.1, -0.05) is 0 Å². The summed E-state index contributed by atoms with van der Waals surface area (Å²) in [6.45, 7) is 3.58. The normalized spacial score (nSPS) is 13.3. The van der Waals surface area contributed by atoms with Gasteiger partial charge in [0.15, 0.2) is 0 Å². The third-order valence-electron chi connectivity index (χ3n) is 1.87. The number of hydrogen-bond acceptors (Lipinski definition) is 5. The number of carbonyl (C=O) groups is 2. The van der Waals surface area contributed by atoms with E-state index in [1.165, 1.54) is 0 Å². The first kappa shape index (κ1) is 13.9. The zero-order valence-electron chi connectivity index (χ0n) is 9.16. The molecule has 1 amide bonds. The van der Waals surface area contributed by atoms with Crippen LogP contribution in [0.3, 0.4) is 0 Å². The Hall–Kier alpha value is -1.14. The van der Waals surface area contributed by atoms with Crippen LogP contribution < -0.4 is 17.2 Å². The molecule has 0 spiro atoms. The van der Waals surface area contributed by atoms with E-state index in [1.807, 2.05) is 0 Å². The molecule has 0 aliphatic heterocycles. The Kier molecular flexibility index (Phi) is 5.24. The second-order valence-corrected chi connectivity index (χ2v) is 4.00. The highest BCUT2D eigenvalue weighted by Gasteiger charge is 2.24. The Balaban J connectivity index is 4.04. The van der Waals surface area contributed by atoms with E-state index in [-0.39, 0.29) is 19.4 Å². The average molecular weight is 217 g/mol. The Morgan fingerprint density at radius 1 is 1.40 bits per heavy atom. The quantitative estimate of drug-likeness (QED) is 0.485. The van der Waals surface area contributed by atoms with Crippen LogP contribution in [0.2, 0.25) is 0 Å². The molecule has 6 nitrogen and oxygen atoms in total. The molecular formula is C9H19N3O3. The fourth-order valence-electron chi connectivity index (χ4n) is 0.805. The van der Waals surface area contributed by atoms with Gasteiger partial charge in [-0.2, -0.15) is 0 Å². The number of amides is 1. The van der Waals surface area contributed by atoms with Gasteiger partial charge in [0.2, 0.25) is 5.91 Å². The van der Waals surface area contributed by atoms with Gasteiger partial charge in [0.05, 0.1) is 0 Å². The molecule has 0 fully saturated rings. The van der Waals surface area contributed by atoms with Crippen molar-refractivity contribution in [3.8, 4) is 0 Å². The van der Waals surface area contributed by atoms with Gasteiger partial charge in [-0.25, -0.2) is 0 Å². The number of nitrogens with two attached hydrogens (primary N) is 3. The molecule has 6 heteroatoms. The Morgan fingerprint density at radius 2 is 1.93 bits per heavy atom. The maximum atomic E-state index is 11.4. The van der Waals surface area contributed by atoms with Crippen LogP contribution >= 0.6 is 0 Å². The fraction of sp³-hybridized carbons (Fsp3) is 0.778. The minimum absolute atomic E-state index is 0.0688. The van der Waals surface area contributed by atoms with E-state index in [1.54, 1.807) is 13.8 Å². The predicted octanol–water partition coefficient (Wildman–Crippen LogP) is -1.14. The third-order valence-corrected chi connectivity index (χ3v) is 1.87. The van der Waals surface area contributed by atoms with Crippen molar-refractivity contribution in [2.24, 2.45) is 17.2 Å². The average Bonchev–Trinajstić information content (AvgIpc) is 2.13. The third kappa shape index (κ3) is 6.03. The van der Waals surface area contributed by atoms with Crippen molar-refractivity contribution >= 4 is 11.9 Å². The van der Waals surface area contributed by atoms with Crippen molar-refractivity contribution in [2.75, 3.05) is 6.54 Å². The molecular weight excluding hydrogens is 198 g/mol. The highest BCUT2D eigenvalue weighted by atomic mass is 16.6. The molecule has 0 radical (unpaired) electrons. The lowest BCUT2D eigenvalue weighted by Gasteiger charge is -2.24. The molecule has 0 aromatic heterocycles.